The fraction of sp³-hybridized carbons (Fsp3) is 0.533. The highest BCUT2D eigenvalue weighted by molar-refractivity contribution is 5.89. The van der Waals surface area contributed by atoms with Crippen LogP contribution in [0, 0.1) is 5.82 Å². The van der Waals surface area contributed by atoms with Crippen molar-refractivity contribution in [2.75, 3.05) is 37.0 Å². The Balaban J connectivity index is 2.04. The molecule has 1 heterocycles. The minimum absolute atomic E-state index is 0.119. The Labute approximate surface area is 124 Å². The van der Waals surface area contributed by atoms with Crippen LogP contribution >= 0.6 is 0 Å². The summed E-state index contributed by atoms with van der Waals surface area (Å²) in [4.78, 5) is 15.3. The molecule has 1 aliphatic rings. The fourth-order valence-electron chi connectivity index (χ4n) is 2.33. The van der Waals surface area contributed by atoms with Crippen molar-refractivity contribution in [3.8, 4) is 0 Å². The molecule has 1 fully saturated rings. The summed E-state index contributed by atoms with van der Waals surface area (Å²) < 4.78 is 14.1. The maximum Gasteiger partial charge on any atom is 0.321 e. The van der Waals surface area contributed by atoms with E-state index in [0.717, 1.165) is 25.9 Å². The van der Waals surface area contributed by atoms with Crippen molar-refractivity contribution in [2.45, 2.75) is 25.8 Å². The molecule has 21 heavy (non-hydrogen) atoms. The zero-order valence-electron chi connectivity index (χ0n) is 12.5. The average Bonchev–Trinajstić information content (AvgIpc) is 2.99. The van der Waals surface area contributed by atoms with Gasteiger partial charge in [0.15, 0.2) is 0 Å². The number of anilines is 2. The van der Waals surface area contributed by atoms with Gasteiger partial charge in [-0.1, -0.05) is 0 Å². The zero-order chi connectivity index (χ0) is 15.4. The van der Waals surface area contributed by atoms with E-state index in [-0.39, 0.29) is 24.5 Å². The maximum absolute atomic E-state index is 14.1. The maximum atomic E-state index is 14.1. The molecular weight excluding hydrogens is 273 g/mol. The van der Waals surface area contributed by atoms with Gasteiger partial charge in [-0.05, 0) is 38.0 Å². The topological polar surface area (TPSA) is 55.8 Å². The Morgan fingerprint density at radius 2 is 2.14 bits per heavy atom. The molecule has 1 aromatic carbocycles. The van der Waals surface area contributed by atoms with E-state index in [1.807, 2.05) is 4.90 Å². The monoisotopic (exact) mass is 295 g/mol. The predicted molar refractivity (Wildman–Crippen MR) is 81.2 cm³/mol. The zero-order valence-corrected chi connectivity index (χ0v) is 12.5. The van der Waals surface area contributed by atoms with Crippen molar-refractivity contribution >= 4 is 17.4 Å². The number of carbonyl (C=O) groups is 1. The summed E-state index contributed by atoms with van der Waals surface area (Å²) in [5.74, 6) is -0.326. The lowest BCUT2D eigenvalue weighted by atomic mass is 10.2. The van der Waals surface area contributed by atoms with E-state index in [1.54, 1.807) is 26.1 Å². The van der Waals surface area contributed by atoms with Crippen molar-refractivity contribution in [2.24, 2.45) is 0 Å². The summed E-state index contributed by atoms with van der Waals surface area (Å²) in [7, 11) is 1.59. The third kappa shape index (κ3) is 3.64. The molecule has 1 aliphatic heterocycles. The minimum Gasteiger partial charge on any atom is -0.394 e. The van der Waals surface area contributed by atoms with Crippen LogP contribution in [0.4, 0.5) is 20.6 Å². The van der Waals surface area contributed by atoms with Gasteiger partial charge in [-0.15, -0.1) is 0 Å². The van der Waals surface area contributed by atoms with Gasteiger partial charge in [0.25, 0.3) is 0 Å². The van der Waals surface area contributed by atoms with Crippen LogP contribution in [0.2, 0.25) is 0 Å². The summed E-state index contributed by atoms with van der Waals surface area (Å²) in [6.07, 6.45) is 2.17. The lowest BCUT2D eigenvalue weighted by Gasteiger charge is -2.24. The number of nitrogens with one attached hydrogen (secondary N) is 1. The van der Waals surface area contributed by atoms with E-state index in [0.29, 0.717) is 11.4 Å². The Hall–Kier alpha value is -1.82. The average molecular weight is 295 g/mol. The van der Waals surface area contributed by atoms with Crippen molar-refractivity contribution in [3.05, 3.63) is 24.0 Å². The number of likely N-dealkylation sites (N-methyl/N-ethyl adjacent to an activating group) is 1. The number of aliphatic hydroxyl groups excluding tert-OH is 1. The Morgan fingerprint density at radius 1 is 1.48 bits per heavy atom. The number of nitrogens with zero attached hydrogens (tertiary/aromatic N) is 2. The Bertz CT molecular complexity index is 504. The van der Waals surface area contributed by atoms with Gasteiger partial charge in [0.1, 0.15) is 5.82 Å². The Morgan fingerprint density at radius 3 is 2.71 bits per heavy atom. The molecule has 6 heteroatoms. The van der Waals surface area contributed by atoms with Crippen LogP contribution in [-0.2, 0) is 0 Å². The number of urea groups is 1. The summed E-state index contributed by atoms with van der Waals surface area (Å²) in [5, 5.41) is 11.7. The van der Waals surface area contributed by atoms with E-state index in [2.05, 4.69) is 5.32 Å². The molecule has 1 unspecified atom stereocenters. The second kappa shape index (κ2) is 6.76. The molecule has 0 aliphatic carbocycles. The molecule has 2 amide bonds. The number of hydrogen-bond donors (Lipinski definition) is 2. The smallest absolute Gasteiger partial charge is 0.321 e. The number of amides is 2. The number of carbonyl (C=O) groups excluding carboxylic acids is 1. The van der Waals surface area contributed by atoms with E-state index in [4.69, 9.17) is 5.11 Å². The van der Waals surface area contributed by atoms with Crippen LogP contribution in [0.5, 0.6) is 0 Å². The molecule has 2 rings (SSSR count). The van der Waals surface area contributed by atoms with Gasteiger partial charge in [0.05, 0.1) is 18.3 Å². The predicted octanol–water partition coefficient (Wildman–Crippen LogP) is 2.27. The molecule has 0 bridgehead atoms. The van der Waals surface area contributed by atoms with Crippen LogP contribution in [0.15, 0.2) is 18.2 Å². The molecule has 5 nitrogen and oxygen atoms in total. The van der Waals surface area contributed by atoms with Crippen LogP contribution in [-0.4, -0.2) is 48.8 Å². The van der Waals surface area contributed by atoms with Gasteiger partial charge in [0, 0.05) is 25.8 Å². The van der Waals surface area contributed by atoms with E-state index in [9.17, 15) is 9.18 Å². The first-order valence-electron chi connectivity index (χ1n) is 7.22. The lowest BCUT2D eigenvalue weighted by molar-refractivity contribution is 0.166. The van der Waals surface area contributed by atoms with Crippen LogP contribution in [0.1, 0.15) is 19.8 Å². The van der Waals surface area contributed by atoms with Gasteiger partial charge in [-0.3, -0.25) is 0 Å². The quantitative estimate of drug-likeness (QED) is 0.896. The molecule has 1 atom stereocenters. The van der Waals surface area contributed by atoms with Crippen LogP contribution < -0.4 is 10.2 Å². The first-order valence-corrected chi connectivity index (χ1v) is 7.22. The molecule has 1 saturated heterocycles. The third-order valence-corrected chi connectivity index (χ3v) is 3.89. The summed E-state index contributed by atoms with van der Waals surface area (Å²) in [6, 6.07) is 4.07. The van der Waals surface area contributed by atoms with E-state index < -0.39 is 0 Å². The number of halogens is 1. The normalized spacial score (nSPS) is 15.9. The SMILES string of the molecule is CC(CO)N(C)C(=O)Nc1ccc(N2CCCC2)c(F)c1. The fourth-order valence-corrected chi connectivity index (χ4v) is 2.33. The molecule has 0 radical (unpaired) electrons. The first kappa shape index (κ1) is 15.6. The molecule has 0 aromatic heterocycles. The first-order chi connectivity index (χ1) is 10.0. The highest BCUT2D eigenvalue weighted by atomic mass is 19.1. The molecule has 0 saturated carbocycles. The third-order valence-electron chi connectivity index (χ3n) is 3.89. The molecule has 2 N–H and O–H groups in total. The van der Waals surface area contributed by atoms with Gasteiger partial charge in [-0.25, -0.2) is 9.18 Å². The van der Waals surface area contributed by atoms with Gasteiger partial charge in [0.2, 0.25) is 0 Å². The number of rotatable bonds is 4. The summed E-state index contributed by atoms with van der Waals surface area (Å²) in [5.41, 5.74) is 1.00. The standard InChI is InChI=1S/C15H22FN3O2/c1-11(10-20)18(2)15(21)17-12-5-6-14(13(16)9-12)19-7-3-4-8-19/h5-6,9,11,20H,3-4,7-8,10H2,1-2H3,(H,17,21). The van der Waals surface area contributed by atoms with Crippen LogP contribution in [0.25, 0.3) is 0 Å². The second-order valence-electron chi connectivity index (χ2n) is 5.43. The highest BCUT2D eigenvalue weighted by Gasteiger charge is 2.18. The number of hydrogen-bond acceptors (Lipinski definition) is 3. The summed E-state index contributed by atoms with van der Waals surface area (Å²) >= 11 is 0. The number of aliphatic hydroxyl groups is 1. The van der Waals surface area contributed by atoms with Crippen molar-refractivity contribution in [1.82, 2.24) is 4.90 Å². The second-order valence-corrected chi connectivity index (χ2v) is 5.43. The van der Waals surface area contributed by atoms with Crippen molar-refractivity contribution in [1.29, 1.82) is 0 Å². The highest BCUT2D eigenvalue weighted by Crippen LogP contribution is 2.26. The van der Waals surface area contributed by atoms with E-state index >= 15 is 0 Å². The van der Waals surface area contributed by atoms with E-state index in [1.165, 1.54) is 11.0 Å². The van der Waals surface area contributed by atoms with Gasteiger partial charge < -0.3 is 20.2 Å². The molecule has 1 aromatic rings. The van der Waals surface area contributed by atoms with Crippen molar-refractivity contribution in [3.63, 3.8) is 0 Å². The molecule has 116 valence electrons. The lowest BCUT2D eigenvalue weighted by Crippen LogP contribution is -2.40. The number of benzene rings is 1. The summed E-state index contributed by atoms with van der Waals surface area (Å²) in [6.45, 7) is 3.36. The van der Waals surface area contributed by atoms with Gasteiger partial charge in [-0.2, -0.15) is 0 Å². The molecular formula is C15H22FN3O2. The minimum atomic E-state index is -0.370. The molecule has 0 spiro atoms. The van der Waals surface area contributed by atoms with Crippen molar-refractivity contribution < 1.29 is 14.3 Å². The largest absolute Gasteiger partial charge is 0.394 e. The van der Waals surface area contributed by atoms with Crippen LogP contribution in [0.3, 0.4) is 0 Å². The van der Waals surface area contributed by atoms with Gasteiger partial charge >= 0.3 is 6.03 Å². The Kier molecular flexibility index (Phi) is 5.01.